The molecule has 0 radical (unpaired) electrons. The normalized spacial score (nSPS) is 48.3. The molecule has 0 aromatic carbocycles. The quantitative estimate of drug-likeness (QED) is 0.251. The van der Waals surface area contributed by atoms with Gasteiger partial charge in [-0.2, -0.15) is 0 Å². The van der Waals surface area contributed by atoms with Crippen LogP contribution < -0.4 is 0 Å². The summed E-state index contributed by atoms with van der Waals surface area (Å²) in [4.78, 5) is 11.3. The first-order valence-electron chi connectivity index (χ1n) is 21.3. The topological polar surface area (TPSA) is 65.2 Å². The molecule has 7 aliphatic carbocycles. The summed E-state index contributed by atoms with van der Waals surface area (Å²) in [6, 6.07) is 0.406. The molecule has 278 valence electrons. The lowest BCUT2D eigenvalue weighted by Crippen LogP contribution is -2.66. The summed E-state index contributed by atoms with van der Waals surface area (Å²) in [5.74, 6) is 4.99. The zero-order chi connectivity index (χ0) is 35.5. The zero-order valence-electron chi connectivity index (χ0n) is 33.7. The molecule has 49 heavy (non-hydrogen) atoms. The molecule has 0 heterocycles. The van der Waals surface area contributed by atoms with Crippen LogP contribution in [0.15, 0.2) is 9.98 Å². The summed E-state index contributed by atoms with van der Waals surface area (Å²) in [6.45, 7) is 27.5. The number of aliphatic imine (C=N–C) groups is 2. The molecule has 4 nitrogen and oxygen atoms in total. The monoisotopic (exact) mass is 677 g/mol. The fourth-order valence-electron chi connectivity index (χ4n) is 15.1. The van der Waals surface area contributed by atoms with Crippen LogP contribution in [0.1, 0.15) is 166 Å². The number of hydrogen-bond acceptors (Lipinski definition) is 4. The van der Waals surface area contributed by atoms with Gasteiger partial charge < -0.3 is 10.2 Å². The fraction of sp³-hybridized carbons (Fsp3) is 0.956. The van der Waals surface area contributed by atoms with Crippen LogP contribution in [0.5, 0.6) is 0 Å². The molecule has 0 bridgehead atoms. The molecule has 4 heteroatoms. The first kappa shape index (κ1) is 36.6. The van der Waals surface area contributed by atoms with Crippen molar-refractivity contribution in [1.82, 2.24) is 0 Å². The summed E-state index contributed by atoms with van der Waals surface area (Å²) in [5, 5.41) is 21.3. The van der Waals surface area contributed by atoms with E-state index in [2.05, 4.69) is 76.2 Å². The number of aliphatic hydroxyl groups is 2. The van der Waals surface area contributed by atoms with Gasteiger partial charge in [-0.15, -0.1) is 0 Å². The van der Waals surface area contributed by atoms with Crippen LogP contribution in [0.3, 0.4) is 0 Å². The van der Waals surface area contributed by atoms with Crippen molar-refractivity contribution in [2.24, 2.45) is 89.8 Å². The third kappa shape index (κ3) is 5.21. The molecular formula is C45H76N2O2. The number of hydrogen-bond donors (Lipinski definition) is 2. The summed E-state index contributed by atoms with van der Waals surface area (Å²) in [7, 11) is 0. The van der Waals surface area contributed by atoms with Crippen LogP contribution >= 0.6 is 0 Å². The van der Waals surface area contributed by atoms with Gasteiger partial charge in [0, 0.05) is 22.8 Å². The molecule has 12 atom stereocenters. The fourth-order valence-corrected chi connectivity index (χ4v) is 15.1. The Morgan fingerprint density at radius 3 is 2.04 bits per heavy atom. The van der Waals surface area contributed by atoms with Crippen molar-refractivity contribution < 1.29 is 10.2 Å². The van der Waals surface area contributed by atoms with Gasteiger partial charge in [-0.25, -0.2) is 0 Å². The van der Waals surface area contributed by atoms with E-state index in [9.17, 15) is 10.2 Å². The van der Waals surface area contributed by atoms with E-state index in [0.29, 0.717) is 51.9 Å². The van der Waals surface area contributed by atoms with E-state index in [1.807, 2.05) is 0 Å². The summed E-state index contributed by atoms with van der Waals surface area (Å²) >= 11 is 0. The highest BCUT2D eigenvalue weighted by molar-refractivity contribution is 5.95. The number of nitrogens with zero attached hydrogens (tertiary/aromatic N) is 2. The maximum absolute atomic E-state index is 11.1. The Morgan fingerprint density at radius 2 is 1.43 bits per heavy atom. The minimum absolute atomic E-state index is 0.0242. The molecule has 0 aromatic rings. The molecule has 12 unspecified atom stereocenters. The SMILES string of the molecule is CC(C)C(=NC1CC(C(=NC(CO)C(C)C)C2CC2)C1(C)C)C12CCCC1C1CCC3C4(C)CCC(O)C(C)(C)C4CCC3(C)C1(C)CC2. The molecule has 2 N–H and O–H groups in total. The highest BCUT2D eigenvalue weighted by Gasteiger charge is 2.70. The second-order valence-electron chi connectivity index (χ2n) is 21.8. The third-order valence-corrected chi connectivity index (χ3v) is 18.5. The minimum atomic E-state index is -0.148. The van der Waals surface area contributed by atoms with Crippen LogP contribution in [0.25, 0.3) is 0 Å². The predicted molar refractivity (Wildman–Crippen MR) is 205 cm³/mol. The van der Waals surface area contributed by atoms with Crippen molar-refractivity contribution >= 4 is 11.4 Å². The van der Waals surface area contributed by atoms with Crippen molar-refractivity contribution in [3.05, 3.63) is 0 Å². The number of rotatable bonds is 8. The molecule has 7 saturated carbocycles. The maximum Gasteiger partial charge on any atom is 0.0752 e. The number of fused-ring (bicyclic) bond motifs is 7. The Hall–Kier alpha value is -0.740. The second-order valence-corrected chi connectivity index (χ2v) is 21.8. The van der Waals surface area contributed by atoms with E-state index in [1.54, 1.807) is 5.71 Å². The number of aliphatic hydroxyl groups excluding tert-OH is 2. The lowest BCUT2D eigenvalue weighted by atomic mass is 9.32. The summed E-state index contributed by atoms with van der Waals surface area (Å²) in [5.41, 5.74) is 4.57. The average molecular weight is 677 g/mol. The third-order valence-electron chi connectivity index (χ3n) is 18.5. The van der Waals surface area contributed by atoms with Gasteiger partial charge in [0.1, 0.15) is 0 Å². The predicted octanol–water partition coefficient (Wildman–Crippen LogP) is 10.6. The summed E-state index contributed by atoms with van der Waals surface area (Å²) in [6.07, 6.45) is 18.0. The van der Waals surface area contributed by atoms with Crippen molar-refractivity contribution in [2.45, 2.75) is 184 Å². The van der Waals surface area contributed by atoms with Gasteiger partial charge in [-0.3, -0.25) is 9.98 Å². The van der Waals surface area contributed by atoms with Gasteiger partial charge in [-0.05, 0) is 152 Å². The van der Waals surface area contributed by atoms with Crippen molar-refractivity contribution in [2.75, 3.05) is 6.61 Å². The highest BCUT2D eigenvalue weighted by Crippen LogP contribution is 2.77. The smallest absolute Gasteiger partial charge is 0.0752 e. The Bertz CT molecular complexity index is 1320. The van der Waals surface area contributed by atoms with Gasteiger partial charge in [0.25, 0.3) is 0 Å². The van der Waals surface area contributed by atoms with Crippen molar-refractivity contribution in [3.8, 4) is 0 Å². The van der Waals surface area contributed by atoms with Crippen molar-refractivity contribution in [3.63, 3.8) is 0 Å². The lowest BCUT2D eigenvalue weighted by molar-refractivity contribution is -0.242. The second kappa shape index (κ2) is 12.1. The van der Waals surface area contributed by atoms with E-state index in [-0.39, 0.29) is 35.0 Å². The molecule has 7 aliphatic rings. The van der Waals surface area contributed by atoms with Gasteiger partial charge in [-0.1, -0.05) is 82.6 Å². The van der Waals surface area contributed by atoms with Gasteiger partial charge in [0.05, 0.1) is 24.8 Å². The largest absolute Gasteiger partial charge is 0.394 e. The van der Waals surface area contributed by atoms with Crippen LogP contribution in [-0.2, 0) is 0 Å². The van der Waals surface area contributed by atoms with Crippen LogP contribution in [0, 0.1) is 79.8 Å². The van der Waals surface area contributed by atoms with E-state index in [0.717, 1.165) is 30.6 Å². The summed E-state index contributed by atoms with van der Waals surface area (Å²) < 4.78 is 0. The standard InChI is InChI=1S/C45H76N2O2/c1-27(2)33(26-48)46-38(29-14-15-29)32-25-36(40(32,5)6)47-39(28(3)4)45-20-12-13-31(45)30-16-17-35-42(9)21-19-37(49)41(7,8)34(42)18-22-44(35,11)43(30,10)23-24-45/h27-37,48-49H,12-26H2,1-11H3. The zero-order valence-corrected chi connectivity index (χ0v) is 33.7. The molecule has 0 aromatic heterocycles. The first-order valence-corrected chi connectivity index (χ1v) is 21.3. The molecule has 0 amide bonds. The van der Waals surface area contributed by atoms with Crippen LogP contribution in [0.4, 0.5) is 0 Å². The maximum atomic E-state index is 11.1. The molecule has 0 aliphatic heterocycles. The van der Waals surface area contributed by atoms with E-state index >= 15 is 0 Å². The molecule has 0 spiro atoms. The first-order chi connectivity index (χ1) is 22.9. The van der Waals surface area contributed by atoms with E-state index in [4.69, 9.17) is 9.98 Å². The Labute approximate surface area is 301 Å². The van der Waals surface area contributed by atoms with Crippen LogP contribution in [-0.4, -0.2) is 46.4 Å². The van der Waals surface area contributed by atoms with Gasteiger partial charge in [0.2, 0.25) is 0 Å². The average Bonchev–Trinajstić information content (AvgIpc) is 3.78. The minimum Gasteiger partial charge on any atom is -0.394 e. The Kier molecular flexibility index (Phi) is 9.07. The highest BCUT2D eigenvalue weighted by atomic mass is 16.3. The van der Waals surface area contributed by atoms with E-state index in [1.165, 1.54) is 82.8 Å². The molecule has 0 saturated heterocycles. The van der Waals surface area contributed by atoms with Crippen molar-refractivity contribution in [1.29, 1.82) is 0 Å². The Morgan fingerprint density at radius 1 is 0.714 bits per heavy atom. The van der Waals surface area contributed by atoms with E-state index < -0.39 is 0 Å². The van der Waals surface area contributed by atoms with Gasteiger partial charge in [0.15, 0.2) is 0 Å². The molecular weight excluding hydrogens is 601 g/mol. The molecule has 7 fully saturated rings. The molecule has 7 rings (SSSR count). The van der Waals surface area contributed by atoms with Crippen LogP contribution in [0.2, 0.25) is 0 Å². The lowest BCUT2D eigenvalue weighted by Gasteiger charge is -2.72. The van der Waals surface area contributed by atoms with Gasteiger partial charge >= 0.3 is 0 Å². The Balaban J connectivity index is 1.17.